The first kappa shape index (κ1) is 13.8. The third-order valence-corrected chi connectivity index (χ3v) is 2.23. The van der Waals surface area contributed by atoms with Crippen molar-refractivity contribution in [2.24, 2.45) is 0 Å². The second-order valence-corrected chi connectivity index (χ2v) is 3.63. The molecule has 0 aliphatic carbocycles. The van der Waals surface area contributed by atoms with E-state index in [1.807, 2.05) is 0 Å². The molecule has 7 heteroatoms. The van der Waals surface area contributed by atoms with Gasteiger partial charge >= 0.3 is 0 Å². The number of halogens is 1. The highest BCUT2D eigenvalue weighted by Crippen LogP contribution is 2.09. The third-order valence-electron chi connectivity index (χ3n) is 1.95. The number of carbonyl (C=O) groups excluding carboxylic acids is 1. The maximum absolute atomic E-state index is 11.6. The van der Waals surface area contributed by atoms with E-state index in [4.69, 9.17) is 16.3 Å². The van der Waals surface area contributed by atoms with Crippen molar-refractivity contribution in [3.63, 3.8) is 0 Å². The Hall–Kier alpha value is -1.24. The lowest BCUT2D eigenvalue weighted by Crippen LogP contribution is -2.33. The number of amides is 1. The smallest absolute Gasteiger partial charge is 0.271 e. The number of hydrogen-bond acceptors (Lipinski definition) is 5. The molecule has 0 unspecified atom stereocenters. The largest absolute Gasteiger partial charge is 0.383 e. The highest BCUT2D eigenvalue weighted by Gasteiger charge is 2.10. The van der Waals surface area contributed by atoms with Crippen LogP contribution >= 0.6 is 11.6 Å². The number of ether oxygens (including phenoxy) is 1. The third kappa shape index (κ3) is 5.08. The Morgan fingerprint density at radius 2 is 2.29 bits per heavy atom. The van der Waals surface area contributed by atoms with Crippen LogP contribution in [0.4, 0.5) is 0 Å². The Bertz CT molecular complexity index is 362. The van der Waals surface area contributed by atoms with Crippen LogP contribution in [0.5, 0.6) is 0 Å². The zero-order chi connectivity index (χ0) is 12.5. The SMILES string of the molecule is COCCNCCNC(=O)c1ncncc1Cl. The molecule has 0 radical (unpaired) electrons. The lowest BCUT2D eigenvalue weighted by Gasteiger charge is -2.06. The molecular formula is C10H15ClN4O2. The first-order valence-electron chi connectivity index (χ1n) is 5.19. The normalized spacial score (nSPS) is 10.2. The molecule has 1 aromatic rings. The summed E-state index contributed by atoms with van der Waals surface area (Å²) in [4.78, 5) is 19.1. The first-order chi connectivity index (χ1) is 8.25. The molecule has 0 saturated carbocycles. The van der Waals surface area contributed by atoms with Gasteiger partial charge in [0, 0.05) is 32.9 Å². The van der Waals surface area contributed by atoms with Crippen molar-refractivity contribution in [1.82, 2.24) is 20.6 Å². The van der Waals surface area contributed by atoms with Crippen molar-refractivity contribution in [1.29, 1.82) is 0 Å². The number of nitrogens with one attached hydrogen (secondary N) is 2. The van der Waals surface area contributed by atoms with Crippen LogP contribution in [0.25, 0.3) is 0 Å². The molecule has 1 rings (SSSR count). The van der Waals surface area contributed by atoms with E-state index in [-0.39, 0.29) is 16.6 Å². The van der Waals surface area contributed by atoms with Crippen molar-refractivity contribution in [2.45, 2.75) is 0 Å². The van der Waals surface area contributed by atoms with Crippen molar-refractivity contribution in [3.8, 4) is 0 Å². The number of aromatic nitrogens is 2. The van der Waals surface area contributed by atoms with Crippen LogP contribution in [0.3, 0.4) is 0 Å². The summed E-state index contributed by atoms with van der Waals surface area (Å²) in [6, 6.07) is 0. The molecule has 0 spiro atoms. The minimum Gasteiger partial charge on any atom is -0.383 e. The maximum atomic E-state index is 11.6. The van der Waals surface area contributed by atoms with Gasteiger partial charge in [0.05, 0.1) is 11.6 Å². The molecule has 94 valence electrons. The highest BCUT2D eigenvalue weighted by molar-refractivity contribution is 6.33. The van der Waals surface area contributed by atoms with Crippen LogP contribution in [0.2, 0.25) is 5.02 Å². The van der Waals surface area contributed by atoms with E-state index in [1.54, 1.807) is 7.11 Å². The zero-order valence-electron chi connectivity index (χ0n) is 9.57. The predicted molar refractivity (Wildman–Crippen MR) is 64.1 cm³/mol. The summed E-state index contributed by atoms with van der Waals surface area (Å²) in [5.74, 6) is -0.300. The summed E-state index contributed by atoms with van der Waals surface area (Å²) in [6.07, 6.45) is 2.68. The molecule has 0 saturated heterocycles. The van der Waals surface area contributed by atoms with E-state index in [0.717, 1.165) is 6.54 Å². The standard InChI is InChI=1S/C10H15ClN4O2/c1-17-5-4-12-2-3-14-10(16)9-8(11)6-13-7-15-9/h6-7,12H,2-5H2,1H3,(H,14,16). The second-order valence-electron chi connectivity index (χ2n) is 3.22. The Labute approximate surface area is 105 Å². The van der Waals surface area contributed by atoms with E-state index in [9.17, 15) is 4.79 Å². The van der Waals surface area contributed by atoms with Crippen LogP contribution < -0.4 is 10.6 Å². The molecule has 0 bridgehead atoms. The molecule has 0 atom stereocenters. The number of methoxy groups -OCH3 is 1. The molecular weight excluding hydrogens is 244 g/mol. The summed E-state index contributed by atoms with van der Waals surface area (Å²) < 4.78 is 4.87. The van der Waals surface area contributed by atoms with E-state index in [0.29, 0.717) is 19.7 Å². The van der Waals surface area contributed by atoms with Gasteiger partial charge in [0.25, 0.3) is 5.91 Å². The summed E-state index contributed by atoms with van der Waals surface area (Å²) in [7, 11) is 1.64. The van der Waals surface area contributed by atoms with Crippen LogP contribution in [0.1, 0.15) is 10.5 Å². The molecule has 1 aromatic heterocycles. The summed E-state index contributed by atoms with van der Waals surface area (Å²) >= 11 is 5.78. The van der Waals surface area contributed by atoms with Gasteiger partial charge in [-0.3, -0.25) is 4.79 Å². The van der Waals surface area contributed by atoms with Crippen molar-refractivity contribution in [3.05, 3.63) is 23.2 Å². The summed E-state index contributed by atoms with van der Waals surface area (Å²) in [5.41, 5.74) is 0.193. The number of nitrogens with zero attached hydrogens (tertiary/aromatic N) is 2. The van der Waals surface area contributed by atoms with Gasteiger partial charge in [-0.1, -0.05) is 11.6 Å². The molecule has 6 nitrogen and oxygen atoms in total. The lowest BCUT2D eigenvalue weighted by molar-refractivity contribution is 0.0948. The number of hydrogen-bond donors (Lipinski definition) is 2. The fourth-order valence-electron chi connectivity index (χ4n) is 1.13. The first-order valence-corrected chi connectivity index (χ1v) is 5.57. The minimum absolute atomic E-state index is 0.193. The fraction of sp³-hybridized carbons (Fsp3) is 0.500. The average Bonchev–Trinajstić information content (AvgIpc) is 2.34. The van der Waals surface area contributed by atoms with Crippen molar-refractivity contribution < 1.29 is 9.53 Å². The van der Waals surface area contributed by atoms with E-state index < -0.39 is 0 Å². The van der Waals surface area contributed by atoms with Gasteiger partial charge in [0.15, 0.2) is 0 Å². The van der Waals surface area contributed by atoms with Gasteiger partial charge in [-0.2, -0.15) is 0 Å². The molecule has 1 heterocycles. The fourth-order valence-corrected chi connectivity index (χ4v) is 1.32. The Balaban J connectivity index is 2.24. The van der Waals surface area contributed by atoms with Crippen molar-refractivity contribution in [2.75, 3.05) is 33.4 Å². The van der Waals surface area contributed by atoms with Gasteiger partial charge in [-0.05, 0) is 0 Å². The highest BCUT2D eigenvalue weighted by atomic mass is 35.5. The second kappa shape index (κ2) is 7.94. The van der Waals surface area contributed by atoms with E-state index >= 15 is 0 Å². The van der Waals surface area contributed by atoms with Gasteiger partial charge < -0.3 is 15.4 Å². The number of carbonyl (C=O) groups is 1. The maximum Gasteiger partial charge on any atom is 0.271 e. The van der Waals surface area contributed by atoms with Gasteiger partial charge in [-0.25, -0.2) is 9.97 Å². The van der Waals surface area contributed by atoms with Gasteiger partial charge in [-0.15, -0.1) is 0 Å². The summed E-state index contributed by atoms with van der Waals surface area (Å²) in [5, 5.41) is 6.05. The molecule has 0 aromatic carbocycles. The monoisotopic (exact) mass is 258 g/mol. The molecule has 0 aliphatic heterocycles. The minimum atomic E-state index is -0.300. The molecule has 0 fully saturated rings. The lowest BCUT2D eigenvalue weighted by atomic mass is 10.4. The van der Waals surface area contributed by atoms with Gasteiger partial charge in [0.1, 0.15) is 12.0 Å². The van der Waals surface area contributed by atoms with Crippen LogP contribution in [-0.2, 0) is 4.74 Å². The molecule has 0 aliphatic rings. The Morgan fingerprint density at radius 3 is 3.00 bits per heavy atom. The van der Waals surface area contributed by atoms with Gasteiger partial charge in [0.2, 0.25) is 0 Å². The molecule has 1 amide bonds. The predicted octanol–water partition coefficient (Wildman–Crippen LogP) is 0.0958. The quantitative estimate of drug-likeness (QED) is 0.679. The van der Waals surface area contributed by atoms with Crippen molar-refractivity contribution >= 4 is 17.5 Å². The molecule has 2 N–H and O–H groups in total. The van der Waals surface area contributed by atoms with Crippen LogP contribution in [0, 0.1) is 0 Å². The zero-order valence-corrected chi connectivity index (χ0v) is 10.3. The Kier molecular flexibility index (Phi) is 6.46. The average molecular weight is 259 g/mol. The summed E-state index contributed by atoms with van der Waals surface area (Å²) in [6.45, 7) is 2.56. The number of rotatable bonds is 7. The van der Waals surface area contributed by atoms with Crippen LogP contribution in [-0.4, -0.2) is 49.2 Å². The topological polar surface area (TPSA) is 76.1 Å². The van der Waals surface area contributed by atoms with Crippen LogP contribution in [0.15, 0.2) is 12.5 Å². The van der Waals surface area contributed by atoms with E-state index in [2.05, 4.69) is 20.6 Å². The Morgan fingerprint density at radius 1 is 1.47 bits per heavy atom. The molecule has 17 heavy (non-hydrogen) atoms. The van der Waals surface area contributed by atoms with E-state index in [1.165, 1.54) is 12.5 Å².